The van der Waals surface area contributed by atoms with E-state index in [1.165, 1.54) is 25.0 Å². The average molecular weight is 413 g/mol. The molecule has 0 amide bonds. The maximum absolute atomic E-state index is 10.4. The molecule has 3 N–H and O–H groups in total. The fourth-order valence-corrected chi connectivity index (χ4v) is 4.07. The molecule has 0 aromatic rings. The fraction of sp³-hybridized carbons (Fsp3) is 0.929. The second-order valence-electron chi connectivity index (χ2n) is 5.73. The van der Waals surface area contributed by atoms with Crippen LogP contribution in [0, 0.1) is 0 Å². The molecule has 1 saturated carbocycles. The molecule has 118 valence electrons. The van der Waals surface area contributed by atoms with Gasteiger partial charge < -0.3 is 15.7 Å². The second kappa shape index (κ2) is 9.35. The first-order chi connectivity index (χ1) is 9.22. The second-order valence-corrected chi connectivity index (χ2v) is 7.13. The van der Waals surface area contributed by atoms with Crippen molar-refractivity contribution in [2.24, 2.45) is 4.99 Å². The standard InChI is InChI=1S/C14H27N3OS.HI/c1-15-13(16-10-12-6-5-9-19-12)17-11-14(18)7-3-2-4-8-14;/h12,18H,2-11H2,1H3,(H2,15,16,17);1H. The summed E-state index contributed by atoms with van der Waals surface area (Å²) in [7, 11) is 1.79. The van der Waals surface area contributed by atoms with Gasteiger partial charge in [-0.2, -0.15) is 11.8 Å². The molecule has 1 atom stereocenters. The molecule has 2 aliphatic rings. The number of thioether (sulfide) groups is 1. The van der Waals surface area contributed by atoms with E-state index < -0.39 is 5.60 Å². The Labute approximate surface area is 144 Å². The Kier molecular flexibility index (Phi) is 8.59. The lowest BCUT2D eigenvalue weighted by Gasteiger charge is -2.32. The maximum atomic E-state index is 10.4. The minimum atomic E-state index is -0.530. The topological polar surface area (TPSA) is 56.7 Å². The van der Waals surface area contributed by atoms with Crippen molar-refractivity contribution in [3.05, 3.63) is 0 Å². The van der Waals surface area contributed by atoms with E-state index >= 15 is 0 Å². The van der Waals surface area contributed by atoms with Crippen LogP contribution in [0.25, 0.3) is 0 Å². The quantitative estimate of drug-likeness (QED) is 0.376. The van der Waals surface area contributed by atoms with Gasteiger partial charge in [-0.3, -0.25) is 4.99 Å². The summed E-state index contributed by atoms with van der Waals surface area (Å²) in [6.45, 7) is 1.59. The molecule has 6 heteroatoms. The number of hydrogen-bond acceptors (Lipinski definition) is 3. The average Bonchev–Trinajstić information content (AvgIpc) is 2.93. The Balaban J connectivity index is 0.00000200. The first kappa shape index (κ1) is 18.4. The number of halogens is 1. The zero-order valence-electron chi connectivity index (χ0n) is 12.4. The predicted molar refractivity (Wildman–Crippen MR) is 98.3 cm³/mol. The molecule has 2 fully saturated rings. The first-order valence-corrected chi connectivity index (χ1v) is 8.55. The summed E-state index contributed by atoms with van der Waals surface area (Å²) in [5.41, 5.74) is -0.530. The Morgan fingerprint density at radius 2 is 2.00 bits per heavy atom. The first-order valence-electron chi connectivity index (χ1n) is 7.50. The molecule has 20 heavy (non-hydrogen) atoms. The van der Waals surface area contributed by atoms with Crippen LogP contribution < -0.4 is 10.6 Å². The van der Waals surface area contributed by atoms with Gasteiger partial charge in [0.25, 0.3) is 0 Å². The molecule has 0 bridgehead atoms. The van der Waals surface area contributed by atoms with E-state index in [0.29, 0.717) is 6.54 Å². The number of nitrogens with zero attached hydrogens (tertiary/aromatic N) is 1. The van der Waals surface area contributed by atoms with Crippen LogP contribution in [-0.4, -0.2) is 47.8 Å². The third-order valence-electron chi connectivity index (χ3n) is 4.11. The molecule has 2 rings (SSSR count). The highest BCUT2D eigenvalue weighted by Crippen LogP contribution is 2.27. The van der Waals surface area contributed by atoms with Crippen molar-refractivity contribution >= 4 is 41.7 Å². The van der Waals surface area contributed by atoms with Crippen molar-refractivity contribution in [3.63, 3.8) is 0 Å². The maximum Gasteiger partial charge on any atom is 0.191 e. The molecule has 1 aliphatic carbocycles. The van der Waals surface area contributed by atoms with Crippen LogP contribution in [-0.2, 0) is 0 Å². The van der Waals surface area contributed by atoms with Crippen LogP contribution in [0.1, 0.15) is 44.9 Å². The summed E-state index contributed by atoms with van der Waals surface area (Å²) in [5.74, 6) is 2.12. The number of aliphatic hydroxyl groups is 1. The van der Waals surface area contributed by atoms with Crippen molar-refractivity contribution in [1.82, 2.24) is 10.6 Å². The summed E-state index contributed by atoms with van der Waals surface area (Å²) in [5, 5.41) is 17.8. The summed E-state index contributed by atoms with van der Waals surface area (Å²) < 4.78 is 0. The van der Waals surface area contributed by atoms with Crippen molar-refractivity contribution in [2.45, 2.75) is 55.8 Å². The number of aliphatic imine (C=N–C) groups is 1. The molecule has 1 aliphatic heterocycles. The van der Waals surface area contributed by atoms with Gasteiger partial charge in [-0.15, -0.1) is 24.0 Å². The van der Waals surface area contributed by atoms with Crippen molar-refractivity contribution in [2.75, 3.05) is 25.9 Å². The molecule has 1 unspecified atom stereocenters. The minimum Gasteiger partial charge on any atom is -0.388 e. The van der Waals surface area contributed by atoms with Gasteiger partial charge in [0.2, 0.25) is 0 Å². The van der Waals surface area contributed by atoms with Crippen LogP contribution in [0.4, 0.5) is 0 Å². The third kappa shape index (κ3) is 5.97. The molecular weight excluding hydrogens is 385 g/mol. The molecule has 0 radical (unpaired) electrons. The zero-order valence-corrected chi connectivity index (χ0v) is 15.5. The number of guanidine groups is 1. The van der Waals surface area contributed by atoms with E-state index in [9.17, 15) is 5.11 Å². The van der Waals surface area contributed by atoms with Crippen molar-refractivity contribution < 1.29 is 5.11 Å². The molecular formula is C14H28IN3OS. The number of nitrogens with one attached hydrogen (secondary N) is 2. The van der Waals surface area contributed by atoms with E-state index in [-0.39, 0.29) is 24.0 Å². The van der Waals surface area contributed by atoms with Crippen LogP contribution in [0.2, 0.25) is 0 Å². The Hall–Kier alpha value is 0.310. The molecule has 1 saturated heterocycles. The molecule has 0 aromatic heterocycles. The Bertz CT molecular complexity index is 303. The van der Waals surface area contributed by atoms with Gasteiger partial charge in [-0.1, -0.05) is 19.3 Å². The lowest BCUT2D eigenvalue weighted by molar-refractivity contribution is 0.00860. The lowest BCUT2D eigenvalue weighted by Crippen LogP contribution is -2.48. The van der Waals surface area contributed by atoms with E-state index in [1.807, 2.05) is 11.8 Å². The SMILES string of the molecule is CN=C(NCC1CCCS1)NCC1(O)CCCCC1.I. The van der Waals surface area contributed by atoms with Crippen LogP contribution in [0.5, 0.6) is 0 Å². The zero-order chi connectivity index (χ0) is 13.6. The van der Waals surface area contributed by atoms with Crippen LogP contribution >= 0.6 is 35.7 Å². The largest absolute Gasteiger partial charge is 0.388 e. The molecule has 4 nitrogen and oxygen atoms in total. The van der Waals surface area contributed by atoms with Crippen molar-refractivity contribution in [1.29, 1.82) is 0 Å². The summed E-state index contributed by atoms with van der Waals surface area (Å²) in [4.78, 5) is 4.24. The van der Waals surface area contributed by atoms with Gasteiger partial charge in [-0.05, 0) is 31.4 Å². The lowest BCUT2D eigenvalue weighted by atomic mass is 9.85. The van der Waals surface area contributed by atoms with Crippen LogP contribution in [0.3, 0.4) is 0 Å². The monoisotopic (exact) mass is 413 g/mol. The predicted octanol–water partition coefficient (Wildman–Crippen LogP) is 2.36. The molecule has 1 heterocycles. The minimum absolute atomic E-state index is 0. The van der Waals surface area contributed by atoms with E-state index in [0.717, 1.165) is 43.4 Å². The third-order valence-corrected chi connectivity index (χ3v) is 5.51. The number of rotatable bonds is 4. The number of hydrogen-bond donors (Lipinski definition) is 3. The Morgan fingerprint density at radius 1 is 1.25 bits per heavy atom. The smallest absolute Gasteiger partial charge is 0.191 e. The van der Waals surface area contributed by atoms with Gasteiger partial charge in [0.15, 0.2) is 5.96 Å². The van der Waals surface area contributed by atoms with Gasteiger partial charge in [0.05, 0.1) is 5.60 Å². The highest BCUT2D eigenvalue weighted by Gasteiger charge is 2.29. The van der Waals surface area contributed by atoms with Crippen LogP contribution in [0.15, 0.2) is 4.99 Å². The normalized spacial score (nSPS) is 25.9. The van der Waals surface area contributed by atoms with E-state index in [4.69, 9.17) is 0 Å². The van der Waals surface area contributed by atoms with E-state index in [1.54, 1.807) is 7.05 Å². The highest BCUT2D eigenvalue weighted by atomic mass is 127. The van der Waals surface area contributed by atoms with E-state index in [2.05, 4.69) is 15.6 Å². The fourth-order valence-electron chi connectivity index (χ4n) is 2.87. The van der Waals surface area contributed by atoms with Gasteiger partial charge in [-0.25, -0.2) is 0 Å². The van der Waals surface area contributed by atoms with Gasteiger partial charge in [0, 0.05) is 25.4 Å². The Morgan fingerprint density at radius 3 is 2.60 bits per heavy atom. The summed E-state index contributed by atoms with van der Waals surface area (Å²) in [6.07, 6.45) is 8.01. The van der Waals surface area contributed by atoms with Crippen molar-refractivity contribution in [3.8, 4) is 0 Å². The molecule has 0 spiro atoms. The van der Waals surface area contributed by atoms with Gasteiger partial charge in [0.1, 0.15) is 0 Å². The summed E-state index contributed by atoms with van der Waals surface area (Å²) in [6, 6.07) is 0. The summed E-state index contributed by atoms with van der Waals surface area (Å²) >= 11 is 2.05. The molecule has 0 aromatic carbocycles. The highest BCUT2D eigenvalue weighted by molar-refractivity contribution is 14.0. The van der Waals surface area contributed by atoms with Gasteiger partial charge >= 0.3 is 0 Å².